The molecular formula is C18H16Cl3N3O2S2. The fourth-order valence-corrected chi connectivity index (χ4v) is 5.42. The fraction of sp³-hybridized carbons (Fsp3) is 0.278. The van der Waals surface area contributed by atoms with Gasteiger partial charge in [-0.25, -0.2) is 4.98 Å². The molecule has 0 saturated carbocycles. The Balaban J connectivity index is 1.87. The van der Waals surface area contributed by atoms with Crippen molar-refractivity contribution in [2.75, 3.05) is 5.32 Å². The highest BCUT2D eigenvalue weighted by Crippen LogP contribution is 2.35. The SMILES string of the molecule is Cc1sc2nc(SC(C)C(=O)Nc3c(Cl)cc(Cl)cc3Cl)n(C)c(=O)c2c1C. The van der Waals surface area contributed by atoms with Gasteiger partial charge < -0.3 is 5.32 Å². The van der Waals surface area contributed by atoms with E-state index in [1.165, 1.54) is 39.8 Å². The Kier molecular flexibility index (Phi) is 6.32. The predicted octanol–water partition coefficient (Wildman–Crippen LogP) is 5.69. The number of thioether (sulfide) groups is 1. The molecule has 1 unspecified atom stereocenters. The molecular weight excluding hydrogens is 461 g/mol. The second kappa shape index (κ2) is 8.24. The van der Waals surface area contributed by atoms with Crippen molar-refractivity contribution in [3.05, 3.63) is 48.0 Å². The first-order valence-corrected chi connectivity index (χ1v) is 11.0. The minimum atomic E-state index is -0.541. The lowest BCUT2D eigenvalue weighted by atomic mass is 10.2. The summed E-state index contributed by atoms with van der Waals surface area (Å²) in [5, 5.41) is 4.15. The van der Waals surface area contributed by atoms with Gasteiger partial charge in [-0.1, -0.05) is 46.6 Å². The third-order valence-corrected chi connectivity index (χ3v) is 7.33. The van der Waals surface area contributed by atoms with Crippen LogP contribution in [0.15, 0.2) is 22.1 Å². The van der Waals surface area contributed by atoms with Crippen LogP contribution in [0.25, 0.3) is 10.2 Å². The minimum Gasteiger partial charge on any atom is -0.323 e. The van der Waals surface area contributed by atoms with Crippen molar-refractivity contribution in [3.63, 3.8) is 0 Å². The Labute approximate surface area is 185 Å². The van der Waals surface area contributed by atoms with E-state index in [0.717, 1.165) is 10.4 Å². The summed E-state index contributed by atoms with van der Waals surface area (Å²) >= 11 is 20.8. The van der Waals surface area contributed by atoms with Crippen molar-refractivity contribution in [2.45, 2.75) is 31.2 Å². The van der Waals surface area contributed by atoms with E-state index in [0.29, 0.717) is 26.1 Å². The van der Waals surface area contributed by atoms with Crippen LogP contribution >= 0.6 is 57.9 Å². The number of aromatic nitrogens is 2. The highest BCUT2D eigenvalue weighted by Gasteiger charge is 2.21. The number of rotatable bonds is 4. The molecule has 2 aromatic heterocycles. The summed E-state index contributed by atoms with van der Waals surface area (Å²) in [6.07, 6.45) is 0. The Bertz CT molecular complexity index is 1130. The average molecular weight is 477 g/mol. The number of aryl methyl sites for hydroxylation is 2. The van der Waals surface area contributed by atoms with E-state index in [2.05, 4.69) is 10.3 Å². The van der Waals surface area contributed by atoms with Crippen molar-refractivity contribution >= 4 is 79.7 Å². The van der Waals surface area contributed by atoms with Gasteiger partial charge in [0.25, 0.3) is 5.56 Å². The molecule has 1 amide bonds. The number of benzene rings is 1. The van der Waals surface area contributed by atoms with Gasteiger partial charge in [0.05, 0.1) is 26.4 Å². The maximum Gasteiger partial charge on any atom is 0.262 e. The number of fused-ring (bicyclic) bond motifs is 1. The number of anilines is 1. The molecule has 0 aliphatic heterocycles. The smallest absolute Gasteiger partial charge is 0.262 e. The molecule has 3 aromatic rings. The Hall–Kier alpha value is -1.25. The lowest BCUT2D eigenvalue weighted by Gasteiger charge is -2.15. The summed E-state index contributed by atoms with van der Waals surface area (Å²) in [6.45, 7) is 5.60. The molecule has 1 N–H and O–H groups in total. The van der Waals surface area contributed by atoms with Crippen LogP contribution in [0.3, 0.4) is 0 Å². The van der Waals surface area contributed by atoms with Gasteiger partial charge in [0, 0.05) is 16.9 Å². The molecule has 0 aliphatic rings. The molecule has 0 spiro atoms. The number of amides is 1. The van der Waals surface area contributed by atoms with E-state index < -0.39 is 5.25 Å². The van der Waals surface area contributed by atoms with E-state index in [9.17, 15) is 9.59 Å². The second-order valence-electron chi connectivity index (χ2n) is 6.22. The molecule has 5 nitrogen and oxygen atoms in total. The normalized spacial score (nSPS) is 12.4. The van der Waals surface area contributed by atoms with E-state index in [1.807, 2.05) is 13.8 Å². The van der Waals surface area contributed by atoms with E-state index >= 15 is 0 Å². The van der Waals surface area contributed by atoms with E-state index in [-0.39, 0.29) is 21.5 Å². The van der Waals surface area contributed by atoms with Gasteiger partial charge in [-0.2, -0.15) is 0 Å². The third-order valence-electron chi connectivity index (χ3n) is 4.28. The summed E-state index contributed by atoms with van der Waals surface area (Å²) in [5.41, 5.74) is 1.13. The molecule has 0 radical (unpaired) electrons. The Morgan fingerprint density at radius 3 is 2.46 bits per heavy atom. The number of carbonyl (C=O) groups excluding carboxylic acids is 1. The molecule has 148 valence electrons. The molecule has 1 atom stereocenters. The number of nitrogens with one attached hydrogen (secondary N) is 1. The van der Waals surface area contributed by atoms with Crippen LogP contribution < -0.4 is 10.9 Å². The van der Waals surface area contributed by atoms with Gasteiger partial charge in [-0.15, -0.1) is 11.3 Å². The molecule has 0 fully saturated rings. The molecule has 1 aromatic carbocycles. The molecule has 2 heterocycles. The number of carbonyl (C=O) groups is 1. The monoisotopic (exact) mass is 475 g/mol. The first-order chi connectivity index (χ1) is 13.1. The summed E-state index contributed by atoms with van der Waals surface area (Å²) in [4.78, 5) is 31.7. The van der Waals surface area contributed by atoms with Gasteiger partial charge >= 0.3 is 0 Å². The summed E-state index contributed by atoms with van der Waals surface area (Å²) in [6, 6.07) is 3.01. The molecule has 28 heavy (non-hydrogen) atoms. The van der Waals surface area contributed by atoms with Crippen LogP contribution in [-0.2, 0) is 11.8 Å². The lowest BCUT2D eigenvalue weighted by Crippen LogP contribution is -2.25. The lowest BCUT2D eigenvalue weighted by molar-refractivity contribution is -0.115. The minimum absolute atomic E-state index is 0.120. The van der Waals surface area contributed by atoms with Crippen LogP contribution in [0.1, 0.15) is 17.4 Å². The largest absolute Gasteiger partial charge is 0.323 e. The van der Waals surface area contributed by atoms with Crippen molar-refractivity contribution < 1.29 is 4.79 Å². The summed E-state index contributed by atoms with van der Waals surface area (Å²) in [7, 11) is 1.65. The topological polar surface area (TPSA) is 64.0 Å². The second-order valence-corrected chi connectivity index (χ2v) is 9.98. The first kappa shape index (κ1) is 21.5. The zero-order valence-electron chi connectivity index (χ0n) is 15.4. The van der Waals surface area contributed by atoms with Crippen LogP contribution in [0.4, 0.5) is 5.69 Å². The molecule has 0 bridgehead atoms. The Morgan fingerprint density at radius 2 is 1.86 bits per heavy atom. The van der Waals surface area contributed by atoms with Crippen molar-refractivity contribution in [3.8, 4) is 0 Å². The van der Waals surface area contributed by atoms with Crippen LogP contribution in [0, 0.1) is 13.8 Å². The summed E-state index contributed by atoms with van der Waals surface area (Å²) < 4.78 is 1.47. The van der Waals surface area contributed by atoms with Crippen molar-refractivity contribution in [1.82, 2.24) is 9.55 Å². The van der Waals surface area contributed by atoms with Crippen LogP contribution in [0.2, 0.25) is 15.1 Å². The fourth-order valence-electron chi connectivity index (χ4n) is 2.56. The third kappa shape index (κ3) is 4.04. The van der Waals surface area contributed by atoms with E-state index in [4.69, 9.17) is 34.8 Å². The van der Waals surface area contributed by atoms with Crippen LogP contribution in [0.5, 0.6) is 0 Å². The average Bonchev–Trinajstić information content (AvgIpc) is 2.89. The van der Waals surface area contributed by atoms with Gasteiger partial charge in [-0.05, 0) is 38.5 Å². The maximum absolute atomic E-state index is 12.7. The maximum atomic E-state index is 12.7. The number of hydrogen-bond donors (Lipinski definition) is 1. The zero-order chi connectivity index (χ0) is 20.7. The van der Waals surface area contributed by atoms with Gasteiger partial charge in [0.15, 0.2) is 5.16 Å². The van der Waals surface area contributed by atoms with Gasteiger partial charge in [0.1, 0.15) is 4.83 Å². The van der Waals surface area contributed by atoms with Crippen LogP contribution in [-0.4, -0.2) is 20.7 Å². The van der Waals surface area contributed by atoms with Crippen molar-refractivity contribution in [2.24, 2.45) is 7.05 Å². The van der Waals surface area contributed by atoms with Gasteiger partial charge in [0.2, 0.25) is 5.91 Å². The quantitative estimate of drug-likeness (QED) is 0.388. The van der Waals surface area contributed by atoms with Gasteiger partial charge in [-0.3, -0.25) is 14.2 Å². The summed E-state index contributed by atoms with van der Waals surface area (Å²) in [5.74, 6) is -0.316. The molecule has 0 aliphatic carbocycles. The number of nitrogens with zero attached hydrogens (tertiary/aromatic N) is 2. The predicted molar refractivity (Wildman–Crippen MR) is 120 cm³/mol. The zero-order valence-corrected chi connectivity index (χ0v) is 19.3. The Morgan fingerprint density at radius 1 is 1.25 bits per heavy atom. The first-order valence-electron chi connectivity index (χ1n) is 8.19. The number of hydrogen-bond acceptors (Lipinski definition) is 5. The molecule has 10 heteroatoms. The standard InChI is InChI=1S/C18H16Cl3N3O2S2/c1-7-8(2)27-16-13(7)17(26)24(4)18(23-16)28-9(3)15(25)22-14-11(20)5-10(19)6-12(14)21/h5-6,9H,1-4H3,(H,22,25). The molecule has 0 saturated heterocycles. The highest BCUT2D eigenvalue weighted by atomic mass is 35.5. The highest BCUT2D eigenvalue weighted by molar-refractivity contribution is 8.00. The van der Waals surface area contributed by atoms with Crippen molar-refractivity contribution in [1.29, 1.82) is 0 Å². The number of halogens is 3. The van der Waals surface area contributed by atoms with E-state index in [1.54, 1.807) is 14.0 Å². The molecule has 3 rings (SSSR count). The number of thiophene rings is 1.